The first-order valence-electron chi connectivity index (χ1n) is 6.64. The number of halogens is 1. The smallest absolute Gasteiger partial charge is 0.0497 e. The third kappa shape index (κ3) is 3.14. The van der Waals surface area contributed by atoms with Crippen molar-refractivity contribution in [3.8, 4) is 0 Å². The molecule has 1 aromatic rings. The van der Waals surface area contributed by atoms with Crippen LogP contribution in [0.15, 0.2) is 28.7 Å². The fourth-order valence-electron chi connectivity index (χ4n) is 2.77. The average Bonchev–Trinajstić information content (AvgIpc) is 2.39. The van der Waals surface area contributed by atoms with Crippen LogP contribution in [0.2, 0.25) is 0 Å². The van der Waals surface area contributed by atoms with Crippen LogP contribution in [0.4, 0.5) is 0 Å². The quantitative estimate of drug-likeness (QED) is 0.922. The van der Waals surface area contributed by atoms with Gasteiger partial charge in [0.1, 0.15) is 0 Å². The topological polar surface area (TPSA) is 23.5 Å². The molecule has 1 saturated heterocycles. The van der Waals surface area contributed by atoms with E-state index in [4.69, 9.17) is 0 Å². The summed E-state index contributed by atoms with van der Waals surface area (Å²) in [6.07, 6.45) is 2.31. The molecule has 0 radical (unpaired) electrons. The summed E-state index contributed by atoms with van der Waals surface area (Å²) < 4.78 is 1.12. The van der Waals surface area contributed by atoms with Gasteiger partial charge in [-0.15, -0.1) is 0 Å². The fraction of sp³-hybridized carbons (Fsp3) is 0.600. The Hall–Kier alpha value is -0.380. The van der Waals surface area contributed by atoms with Crippen molar-refractivity contribution in [3.05, 3.63) is 34.3 Å². The van der Waals surface area contributed by atoms with E-state index in [0.29, 0.717) is 6.04 Å². The molecule has 0 unspecified atom stereocenters. The third-order valence-electron chi connectivity index (χ3n) is 4.09. The molecule has 2 nitrogen and oxygen atoms in total. The minimum atomic E-state index is 0.0713. The van der Waals surface area contributed by atoms with Crippen molar-refractivity contribution in [2.24, 2.45) is 5.41 Å². The molecule has 1 heterocycles. The monoisotopic (exact) mass is 311 g/mol. The Balaban J connectivity index is 2.09. The first-order valence-corrected chi connectivity index (χ1v) is 7.44. The number of benzene rings is 1. The van der Waals surface area contributed by atoms with Crippen LogP contribution in [0.25, 0.3) is 0 Å². The molecule has 18 heavy (non-hydrogen) atoms. The summed E-state index contributed by atoms with van der Waals surface area (Å²) in [5.41, 5.74) is 1.42. The molecular weight excluding hydrogens is 290 g/mol. The zero-order chi connectivity index (χ0) is 13.2. The largest absolute Gasteiger partial charge is 0.396 e. The molecule has 0 aliphatic carbocycles. The SMILES string of the molecule is C[C@@H](c1ccc(Br)cc1)N1CCC[C@@](C)(CO)C1. The summed E-state index contributed by atoms with van der Waals surface area (Å²) >= 11 is 3.47. The summed E-state index contributed by atoms with van der Waals surface area (Å²) in [7, 11) is 0. The van der Waals surface area contributed by atoms with Crippen LogP contribution < -0.4 is 0 Å². The van der Waals surface area contributed by atoms with Gasteiger partial charge in [0.25, 0.3) is 0 Å². The van der Waals surface area contributed by atoms with E-state index in [-0.39, 0.29) is 12.0 Å². The number of aliphatic hydroxyl groups is 1. The van der Waals surface area contributed by atoms with Crippen molar-refractivity contribution in [1.82, 2.24) is 4.90 Å². The normalized spacial score (nSPS) is 27.1. The molecule has 3 heteroatoms. The van der Waals surface area contributed by atoms with Gasteiger partial charge in [0, 0.05) is 29.1 Å². The van der Waals surface area contributed by atoms with Crippen LogP contribution in [0.5, 0.6) is 0 Å². The van der Waals surface area contributed by atoms with Crippen LogP contribution in [0.3, 0.4) is 0 Å². The van der Waals surface area contributed by atoms with Gasteiger partial charge in [-0.3, -0.25) is 4.90 Å². The van der Waals surface area contributed by atoms with Crippen molar-refractivity contribution in [2.75, 3.05) is 19.7 Å². The highest BCUT2D eigenvalue weighted by atomic mass is 79.9. The van der Waals surface area contributed by atoms with E-state index in [2.05, 4.69) is 58.9 Å². The van der Waals surface area contributed by atoms with Gasteiger partial charge in [-0.05, 0) is 44.0 Å². The van der Waals surface area contributed by atoms with Gasteiger partial charge in [-0.25, -0.2) is 0 Å². The van der Waals surface area contributed by atoms with Gasteiger partial charge < -0.3 is 5.11 Å². The maximum atomic E-state index is 9.52. The number of rotatable bonds is 3. The van der Waals surface area contributed by atoms with E-state index in [1.54, 1.807) is 0 Å². The highest BCUT2D eigenvalue weighted by Gasteiger charge is 2.32. The second-order valence-corrected chi connectivity index (χ2v) is 6.69. The molecule has 1 aliphatic rings. The first kappa shape index (κ1) is 14.0. The Morgan fingerprint density at radius 1 is 1.39 bits per heavy atom. The Morgan fingerprint density at radius 2 is 2.06 bits per heavy atom. The predicted octanol–water partition coefficient (Wildman–Crippen LogP) is 3.60. The molecule has 1 N–H and O–H groups in total. The van der Waals surface area contributed by atoms with Gasteiger partial charge in [0.05, 0.1) is 0 Å². The minimum Gasteiger partial charge on any atom is -0.396 e. The molecule has 0 bridgehead atoms. The number of likely N-dealkylation sites (tertiary alicyclic amines) is 1. The van der Waals surface area contributed by atoms with E-state index in [0.717, 1.165) is 24.0 Å². The molecule has 100 valence electrons. The lowest BCUT2D eigenvalue weighted by molar-refractivity contribution is 0.0281. The standard InChI is InChI=1S/C15H22BrNO/c1-12(13-4-6-14(16)7-5-13)17-9-3-8-15(2,10-17)11-18/h4-7,12,18H,3,8-11H2,1-2H3/t12-,15+/m0/s1. The van der Waals surface area contributed by atoms with Crippen LogP contribution in [-0.2, 0) is 0 Å². The molecule has 2 atom stereocenters. The highest BCUT2D eigenvalue weighted by Crippen LogP contribution is 2.33. The van der Waals surface area contributed by atoms with Crippen LogP contribution >= 0.6 is 15.9 Å². The van der Waals surface area contributed by atoms with Crippen molar-refractivity contribution >= 4 is 15.9 Å². The summed E-state index contributed by atoms with van der Waals surface area (Å²) in [6.45, 7) is 6.85. The van der Waals surface area contributed by atoms with E-state index >= 15 is 0 Å². The second kappa shape index (κ2) is 5.72. The van der Waals surface area contributed by atoms with Crippen molar-refractivity contribution in [1.29, 1.82) is 0 Å². The van der Waals surface area contributed by atoms with E-state index in [1.165, 1.54) is 12.0 Å². The summed E-state index contributed by atoms with van der Waals surface area (Å²) in [5.74, 6) is 0. The number of nitrogens with zero attached hydrogens (tertiary/aromatic N) is 1. The maximum absolute atomic E-state index is 9.52. The lowest BCUT2D eigenvalue weighted by atomic mass is 9.82. The zero-order valence-electron chi connectivity index (χ0n) is 11.2. The molecule has 0 aromatic heterocycles. The summed E-state index contributed by atoms with van der Waals surface area (Å²) in [4.78, 5) is 2.49. The van der Waals surface area contributed by atoms with Gasteiger partial charge in [0.2, 0.25) is 0 Å². The molecular formula is C15H22BrNO. The number of aliphatic hydroxyl groups excluding tert-OH is 1. The summed E-state index contributed by atoms with van der Waals surface area (Å²) in [5, 5.41) is 9.52. The average molecular weight is 312 g/mol. The molecule has 1 aliphatic heterocycles. The van der Waals surface area contributed by atoms with Gasteiger partial charge in [-0.2, -0.15) is 0 Å². The fourth-order valence-corrected chi connectivity index (χ4v) is 3.03. The Labute approximate surface area is 118 Å². The van der Waals surface area contributed by atoms with Crippen molar-refractivity contribution in [3.63, 3.8) is 0 Å². The Morgan fingerprint density at radius 3 is 2.67 bits per heavy atom. The summed E-state index contributed by atoms with van der Waals surface area (Å²) in [6, 6.07) is 8.98. The number of hydrogen-bond acceptors (Lipinski definition) is 2. The van der Waals surface area contributed by atoms with Gasteiger partial charge in [0.15, 0.2) is 0 Å². The van der Waals surface area contributed by atoms with Gasteiger partial charge >= 0.3 is 0 Å². The van der Waals surface area contributed by atoms with E-state index < -0.39 is 0 Å². The molecule has 0 spiro atoms. The number of hydrogen-bond donors (Lipinski definition) is 1. The Bertz CT molecular complexity index is 392. The molecule has 0 amide bonds. The minimum absolute atomic E-state index is 0.0713. The lowest BCUT2D eigenvalue weighted by Gasteiger charge is -2.42. The molecule has 1 fully saturated rings. The molecule has 1 aromatic carbocycles. The molecule has 2 rings (SSSR count). The van der Waals surface area contributed by atoms with Crippen molar-refractivity contribution < 1.29 is 5.11 Å². The maximum Gasteiger partial charge on any atom is 0.0497 e. The first-order chi connectivity index (χ1) is 8.54. The zero-order valence-corrected chi connectivity index (χ0v) is 12.8. The van der Waals surface area contributed by atoms with Crippen LogP contribution in [-0.4, -0.2) is 29.7 Å². The lowest BCUT2D eigenvalue weighted by Crippen LogP contribution is -2.44. The number of piperidine rings is 1. The second-order valence-electron chi connectivity index (χ2n) is 5.77. The highest BCUT2D eigenvalue weighted by molar-refractivity contribution is 9.10. The van der Waals surface area contributed by atoms with Crippen LogP contribution in [0.1, 0.15) is 38.3 Å². The van der Waals surface area contributed by atoms with E-state index in [9.17, 15) is 5.11 Å². The Kier molecular flexibility index (Phi) is 4.46. The predicted molar refractivity (Wildman–Crippen MR) is 78.6 cm³/mol. The van der Waals surface area contributed by atoms with Crippen molar-refractivity contribution in [2.45, 2.75) is 32.7 Å². The molecule has 0 saturated carbocycles. The third-order valence-corrected chi connectivity index (χ3v) is 4.62. The van der Waals surface area contributed by atoms with Gasteiger partial charge in [-0.1, -0.05) is 35.0 Å². The van der Waals surface area contributed by atoms with E-state index in [1.807, 2.05) is 0 Å². The van der Waals surface area contributed by atoms with Crippen LogP contribution in [0, 0.1) is 5.41 Å².